The van der Waals surface area contributed by atoms with Gasteiger partial charge in [-0.1, -0.05) is 37.3 Å². The van der Waals surface area contributed by atoms with Gasteiger partial charge in [0.25, 0.3) is 0 Å². The van der Waals surface area contributed by atoms with Crippen molar-refractivity contribution < 1.29 is 9.84 Å². The SMILES string of the molecule is CCC(CSC)NCC(O)COC(C)c1ccccc1. The topological polar surface area (TPSA) is 41.5 Å². The summed E-state index contributed by atoms with van der Waals surface area (Å²) in [6.45, 7) is 5.12. The molecule has 0 amide bonds. The van der Waals surface area contributed by atoms with Crippen molar-refractivity contribution >= 4 is 11.8 Å². The van der Waals surface area contributed by atoms with Crippen molar-refractivity contribution in [2.45, 2.75) is 38.5 Å². The first-order chi connectivity index (χ1) is 9.67. The van der Waals surface area contributed by atoms with Crippen LogP contribution in [0.25, 0.3) is 0 Å². The van der Waals surface area contributed by atoms with E-state index >= 15 is 0 Å². The maximum atomic E-state index is 9.96. The third-order valence-electron chi connectivity index (χ3n) is 3.31. The van der Waals surface area contributed by atoms with Crippen molar-refractivity contribution in [3.8, 4) is 0 Å². The summed E-state index contributed by atoms with van der Waals surface area (Å²) in [6, 6.07) is 10.5. The number of aliphatic hydroxyl groups excluding tert-OH is 1. The standard InChI is InChI=1S/C16H27NO2S/c1-4-15(12-20-3)17-10-16(18)11-19-13(2)14-8-6-5-7-9-14/h5-9,13,15-18H,4,10-12H2,1-3H3. The molecule has 1 aromatic carbocycles. The molecular weight excluding hydrogens is 270 g/mol. The quantitative estimate of drug-likeness (QED) is 0.697. The zero-order valence-electron chi connectivity index (χ0n) is 12.7. The smallest absolute Gasteiger partial charge is 0.0898 e. The highest BCUT2D eigenvalue weighted by atomic mass is 32.2. The normalized spacial score (nSPS) is 15.8. The van der Waals surface area contributed by atoms with E-state index in [1.807, 2.05) is 49.0 Å². The van der Waals surface area contributed by atoms with Gasteiger partial charge in [0, 0.05) is 18.3 Å². The number of thioether (sulfide) groups is 1. The lowest BCUT2D eigenvalue weighted by Gasteiger charge is -2.20. The molecule has 0 aromatic heterocycles. The van der Waals surface area contributed by atoms with Gasteiger partial charge in [-0.05, 0) is 25.2 Å². The minimum atomic E-state index is -0.461. The molecule has 0 saturated heterocycles. The molecule has 0 fully saturated rings. The van der Waals surface area contributed by atoms with Gasteiger partial charge in [-0.3, -0.25) is 0 Å². The van der Waals surface area contributed by atoms with E-state index < -0.39 is 6.10 Å². The Labute approximate surface area is 127 Å². The Balaban J connectivity index is 2.24. The Kier molecular flexibility index (Phi) is 8.94. The molecule has 114 valence electrons. The molecule has 0 heterocycles. The van der Waals surface area contributed by atoms with Gasteiger partial charge in [0.05, 0.1) is 18.8 Å². The minimum absolute atomic E-state index is 0.0130. The third-order valence-corrected chi connectivity index (χ3v) is 4.05. The van der Waals surface area contributed by atoms with Crippen LogP contribution >= 0.6 is 11.8 Å². The van der Waals surface area contributed by atoms with Crippen LogP contribution in [0.15, 0.2) is 30.3 Å². The Hall–Kier alpha value is -0.550. The van der Waals surface area contributed by atoms with E-state index in [4.69, 9.17) is 4.74 Å². The van der Waals surface area contributed by atoms with E-state index in [2.05, 4.69) is 18.5 Å². The van der Waals surface area contributed by atoms with Crippen LogP contribution < -0.4 is 5.32 Å². The van der Waals surface area contributed by atoms with Crippen molar-refractivity contribution in [1.82, 2.24) is 5.32 Å². The maximum Gasteiger partial charge on any atom is 0.0898 e. The van der Waals surface area contributed by atoms with Gasteiger partial charge in [0.15, 0.2) is 0 Å². The van der Waals surface area contributed by atoms with E-state index in [-0.39, 0.29) is 6.10 Å². The lowest BCUT2D eigenvalue weighted by atomic mass is 10.1. The van der Waals surface area contributed by atoms with Crippen molar-refractivity contribution in [2.75, 3.05) is 25.2 Å². The summed E-state index contributed by atoms with van der Waals surface area (Å²) in [5.74, 6) is 1.07. The molecular formula is C16H27NO2S. The number of nitrogens with one attached hydrogen (secondary N) is 1. The van der Waals surface area contributed by atoms with Gasteiger partial charge >= 0.3 is 0 Å². The van der Waals surface area contributed by atoms with Gasteiger partial charge in [-0.25, -0.2) is 0 Å². The van der Waals surface area contributed by atoms with Crippen molar-refractivity contribution in [2.24, 2.45) is 0 Å². The van der Waals surface area contributed by atoms with Gasteiger partial charge in [-0.15, -0.1) is 0 Å². The minimum Gasteiger partial charge on any atom is -0.389 e. The lowest BCUT2D eigenvalue weighted by molar-refractivity contribution is -0.00272. The molecule has 3 unspecified atom stereocenters. The van der Waals surface area contributed by atoms with Crippen LogP contribution in [0.3, 0.4) is 0 Å². The van der Waals surface area contributed by atoms with E-state index in [0.29, 0.717) is 19.2 Å². The largest absolute Gasteiger partial charge is 0.389 e. The first-order valence-corrected chi connectivity index (χ1v) is 8.63. The van der Waals surface area contributed by atoms with Crippen LogP contribution in [0, 0.1) is 0 Å². The summed E-state index contributed by atoms with van der Waals surface area (Å²) in [4.78, 5) is 0. The lowest BCUT2D eigenvalue weighted by Crippen LogP contribution is -2.38. The Morgan fingerprint density at radius 1 is 1.30 bits per heavy atom. The third kappa shape index (κ3) is 6.75. The molecule has 0 aliphatic rings. The monoisotopic (exact) mass is 297 g/mol. The molecule has 0 aliphatic carbocycles. The van der Waals surface area contributed by atoms with E-state index in [9.17, 15) is 5.11 Å². The molecule has 3 atom stereocenters. The predicted octanol–water partition coefficient (Wildman–Crippen LogP) is 2.86. The zero-order chi connectivity index (χ0) is 14.8. The first-order valence-electron chi connectivity index (χ1n) is 7.24. The second-order valence-corrected chi connectivity index (χ2v) is 5.92. The van der Waals surface area contributed by atoms with Gasteiger partial charge in [-0.2, -0.15) is 11.8 Å². The van der Waals surface area contributed by atoms with Crippen LogP contribution in [0.4, 0.5) is 0 Å². The molecule has 0 bridgehead atoms. The van der Waals surface area contributed by atoms with Crippen molar-refractivity contribution in [1.29, 1.82) is 0 Å². The van der Waals surface area contributed by atoms with Gasteiger partial charge < -0.3 is 15.2 Å². The number of hydrogen-bond donors (Lipinski definition) is 2. The van der Waals surface area contributed by atoms with Crippen LogP contribution in [0.2, 0.25) is 0 Å². The average Bonchev–Trinajstić information content (AvgIpc) is 2.49. The number of aliphatic hydroxyl groups is 1. The average molecular weight is 297 g/mol. The molecule has 0 saturated carbocycles. The molecule has 1 rings (SSSR count). The molecule has 0 radical (unpaired) electrons. The van der Waals surface area contributed by atoms with E-state index in [1.165, 1.54) is 0 Å². The molecule has 1 aromatic rings. The number of ether oxygens (including phenoxy) is 1. The fourth-order valence-electron chi connectivity index (χ4n) is 1.96. The van der Waals surface area contributed by atoms with E-state index in [0.717, 1.165) is 17.7 Å². The van der Waals surface area contributed by atoms with Gasteiger partial charge in [0.2, 0.25) is 0 Å². The highest BCUT2D eigenvalue weighted by Crippen LogP contribution is 2.15. The van der Waals surface area contributed by atoms with Crippen LogP contribution in [-0.2, 0) is 4.74 Å². The summed E-state index contributed by atoms with van der Waals surface area (Å²) in [5, 5.41) is 13.3. The Bertz CT molecular complexity index is 348. The zero-order valence-corrected chi connectivity index (χ0v) is 13.5. The summed E-state index contributed by atoms with van der Waals surface area (Å²) >= 11 is 1.83. The molecule has 0 aliphatic heterocycles. The number of hydrogen-bond acceptors (Lipinski definition) is 4. The fourth-order valence-corrected chi connectivity index (χ4v) is 2.72. The molecule has 20 heavy (non-hydrogen) atoms. The highest BCUT2D eigenvalue weighted by Gasteiger charge is 2.11. The first kappa shape index (κ1) is 17.5. The maximum absolute atomic E-state index is 9.96. The number of rotatable bonds is 10. The Morgan fingerprint density at radius 3 is 2.60 bits per heavy atom. The Morgan fingerprint density at radius 2 is 2.00 bits per heavy atom. The number of benzene rings is 1. The highest BCUT2D eigenvalue weighted by molar-refractivity contribution is 7.98. The summed E-state index contributed by atoms with van der Waals surface area (Å²) in [7, 11) is 0. The fraction of sp³-hybridized carbons (Fsp3) is 0.625. The molecule has 0 spiro atoms. The molecule has 2 N–H and O–H groups in total. The second-order valence-electron chi connectivity index (χ2n) is 5.01. The van der Waals surface area contributed by atoms with E-state index in [1.54, 1.807) is 0 Å². The molecule has 3 nitrogen and oxygen atoms in total. The van der Waals surface area contributed by atoms with Crippen molar-refractivity contribution in [3.63, 3.8) is 0 Å². The van der Waals surface area contributed by atoms with Crippen LogP contribution in [0.5, 0.6) is 0 Å². The predicted molar refractivity (Wildman–Crippen MR) is 87.3 cm³/mol. The molecule has 4 heteroatoms. The van der Waals surface area contributed by atoms with Crippen LogP contribution in [0.1, 0.15) is 31.9 Å². The van der Waals surface area contributed by atoms with Crippen LogP contribution in [-0.4, -0.2) is 42.4 Å². The van der Waals surface area contributed by atoms with Crippen molar-refractivity contribution in [3.05, 3.63) is 35.9 Å². The summed E-state index contributed by atoms with van der Waals surface area (Å²) < 4.78 is 5.72. The summed E-state index contributed by atoms with van der Waals surface area (Å²) in [6.07, 6.45) is 2.73. The second kappa shape index (κ2) is 10.2. The summed E-state index contributed by atoms with van der Waals surface area (Å²) in [5.41, 5.74) is 1.14. The van der Waals surface area contributed by atoms with Gasteiger partial charge in [0.1, 0.15) is 0 Å².